The third-order valence-corrected chi connectivity index (χ3v) is 2.22. The number of rotatable bonds is 2. The molecule has 0 amide bonds. The molecule has 2 rings (SSSR count). The Balaban J connectivity index is 2.28. The maximum absolute atomic E-state index is 11.4. The molecule has 15 heavy (non-hydrogen) atoms. The molecule has 6 heteroatoms. The number of hydrogen-bond donors (Lipinski definition) is 0. The van der Waals surface area contributed by atoms with Gasteiger partial charge in [-0.15, -0.1) is 0 Å². The lowest BCUT2D eigenvalue weighted by molar-refractivity contribution is -0.135. The van der Waals surface area contributed by atoms with Crippen LogP contribution < -0.4 is 0 Å². The van der Waals surface area contributed by atoms with Gasteiger partial charge >= 0.3 is 5.97 Å². The molecule has 0 aromatic carbocycles. The minimum absolute atomic E-state index is 0.263. The number of ether oxygens (including phenoxy) is 1. The Labute approximate surface area is 91.2 Å². The van der Waals surface area contributed by atoms with Crippen LogP contribution in [0.15, 0.2) is 11.3 Å². The molecule has 1 aromatic rings. The van der Waals surface area contributed by atoms with Gasteiger partial charge in [0.15, 0.2) is 5.15 Å². The Kier molecular flexibility index (Phi) is 2.64. The van der Waals surface area contributed by atoms with E-state index in [9.17, 15) is 4.79 Å². The molecule has 0 saturated heterocycles. The zero-order chi connectivity index (χ0) is 10.8. The number of fused-ring (bicyclic) bond motifs is 1. The second-order valence-electron chi connectivity index (χ2n) is 2.92. The van der Waals surface area contributed by atoms with Gasteiger partial charge in [-0.05, 0) is 6.92 Å². The van der Waals surface area contributed by atoms with E-state index in [4.69, 9.17) is 16.3 Å². The number of nitrogens with zero attached hydrogens (tertiary/aromatic N) is 3. The Morgan fingerprint density at radius 1 is 1.60 bits per heavy atom. The highest BCUT2D eigenvalue weighted by Crippen LogP contribution is 2.30. The first kappa shape index (κ1) is 10.0. The first-order valence-corrected chi connectivity index (χ1v) is 4.84. The highest BCUT2D eigenvalue weighted by atomic mass is 35.5. The fourth-order valence-electron chi connectivity index (χ4n) is 1.30. The van der Waals surface area contributed by atoms with E-state index in [-0.39, 0.29) is 5.15 Å². The van der Waals surface area contributed by atoms with Crippen LogP contribution in [0.5, 0.6) is 0 Å². The Morgan fingerprint density at radius 2 is 2.40 bits per heavy atom. The van der Waals surface area contributed by atoms with E-state index < -0.39 is 5.97 Å². The van der Waals surface area contributed by atoms with Crippen molar-refractivity contribution in [2.75, 3.05) is 6.61 Å². The van der Waals surface area contributed by atoms with Gasteiger partial charge < -0.3 is 4.74 Å². The van der Waals surface area contributed by atoms with Gasteiger partial charge in [0, 0.05) is 6.42 Å². The monoisotopic (exact) mass is 225 g/mol. The molecule has 0 aliphatic carbocycles. The van der Waals surface area contributed by atoms with Gasteiger partial charge in [-0.3, -0.25) is 0 Å². The molecule has 0 unspecified atom stereocenters. The number of esters is 1. The van der Waals surface area contributed by atoms with Crippen molar-refractivity contribution >= 4 is 29.0 Å². The van der Waals surface area contributed by atoms with E-state index in [1.165, 1.54) is 6.33 Å². The van der Waals surface area contributed by atoms with E-state index in [1.807, 2.05) is 0 Å². The molecule has 0 spiro atoms. The molecular formula is C9H8ClN3O2. The summed E-state index contributed by atoms with van der Waals surface area (Å²) in [5.74, 6) is -0.424. The topological polar surface area (TPSA) is 64.4 Å². The van der Waals surface area contributed by atoms with Crippen LogP contribution in [0.2, 0.25) is 5.15 Å². The second-order valence-corrected chi connectivity index (χ2v) is 3.27. The van der Waals surface area contributed by atoms with Crippen molar-refractivity contribution in [2.45, 2.75) is 13.3 Å². The summed E-state index contributed by atoms with van der Waals surface area (Å²) in [6, 6.07) is 0. The Morgan fingerprint density at radius 3 is 3.07 bits per heavy atom. The maximum Gasteiger partial charge on any atom is 0.353 e. The minimum Gasteiger partial charge on any atom is -0.461 e. The fourth-order valence-corrected chi connectivity index (χ4v) is 1.49. The van der Waals surface area contributed by atoms with Gasteiger partial charge in [-0.2, -0.15) is 0 Å². The highest BCUT2D eigenvalue weighted by Gasteiger charge is 2.24. The Hall–Kier alpha value is -1.49. The predicted molar refractivity (Wildman–Crippen MR) is 54.5 cm³/mol. The number of halogens is 1. The van der Waals surface area contributed by atoms with Crippen LogP contribution in [0, 0.1) is 0 Å². The van der Waals surface area contributed by atoms with E-state index in [0.29, 0.717) is 30.1 Å². The largest absolute Gasteiger partial charge is 0.461 e. The number of hydrogen-bond acceptors (Lipinski definition) is 5. The highest BCUT2D eigenvalue weighted by molar-refractivity contribution is 6.40. The molecule has 78 valence electrons. The summed E-state index contributed by atoms with van der Waals surface area (Å²) in [6.45, 7) is 2.07. The second kappa shape index (κ2) is 3.94. The van der Waals surface area contributed by atoms with Gasteiger partial charge in [0.1, 0.15) is 17.7 Å². The first-order chi connectivity index (χ1) is 7.22. The average Bonchev–Trinajstić information content (AvgIpc) is 2.63. The molecule has 1 aliphatic rings. The summed E-state index contributed by atoms with van der Waals surface area (Å²) in [4.78, 5) is 23.2. The van der Waals surface area contributed by atoms with Crippen molar-refractivity contribution in [3.63, 3.8) is 0 Å². The molecule has 1 aliphatic heterocycles. The van der Waals surface area contributed by atoms with Crippen molar-refractivity contribution < 1.29 is 9.53 Å². The fraction of sp³-hybridized carbons (Fsp3) is 0.333. The van der Waals surface area contributed by atoms with E-state index >= 15 is 0 Å². The van der Waals surface area contributed by atoms with Crippen LogP contribution in [0.4, 0.5) is 5.69 Å². The average molecular weight is 226 g/mol. The molecule has 1 aromatic heterocycles. The van der Waals surface area contributed by atoms with Crippen molar-refractivity contribution in [2.24, 2.45) is 4.99 Å². The van der Waals surface area contributed by atoms with Gasteiger partial charge in [0.25, 0.3) is 0 Å². The third kappa shape index (κ3) is 1.83. The lowest BCUT2D eigenvalue weighted by Gasteiger charge is -1.98. The zero-order valence-corrected chi connectivity index (χ0v) is 8.78. The van der Waals surface area contributed by atoms with Gasteiger partial charge in [0.2, 0.25) is 0 Å². The molecule has 0 bridgehead atoms. The first-order valence-electron chi connectivity index (χ1n) is 4.46. The van der Waals surface area contributed by atoms with Crippen LogP contribution in [0.25, 0.3) is 0 Å². The van der Waals surface area contributed by atoms with E-state index in [0.717, 1.165) is 0 Å². The summed E-state index contributed by atoms with van der Waals surface area (Å²) in [7, 11) is 0. The molecule has 5 nitrogen and oxygen atoms in total. The molecule has 2 heterocycles. The lowest BCUT2D eigenvalue weighted by atomic mass is 10.2. The lowest BCUT2D eigenvalue weighted by Crippen LogP contribution is -2.17. The predicted octanol–water partition coefficient (Wildman–Crippen LogP) is 1.32. The van der Waals surface area contributed by atoms with Gasteiger partial charge in [0.05, 0.1) is 12.3 Å². The molecule has 0 radical (unpaired) electrons. The summed E-state index contributed by atoms with van der Waals surface area (Å²) in [5.41, 5.74) is 1.47. The van der Waals surface area contributed by atoms with Crippen LogP contribution in [-0.2, 0) is 16.0 Å². The number of aromatic nitrogens is 2. The van der Waals surface area contributed by atoms with E-state index in [2.05, 4.69) is 15.0 Å². The molecule has 0 N–H and O–H groups in total. The van der Waals surface area contributed by atoms with Crippen molar-refractivity contribution in [3.05, 3.63) is 17.2 Å². The van der Waals surface area contributed by atoms with Crippen LogP contribution in [0.1, 0.15) is 12.6 Å². The van der Waals surface area contributed by atoms with Gasteiger partial charge in [-0.25, -0.2) is 19.8 Å². The number of carbonyl (C=O) groups is 1. The molecule has 0 fully saturated rings. The molecular weight excluding hydrogens is 218 g/mol. The van der Waals surface area contributed by atoms with Crippen LogP contribution >= 0.6 is 11.6 Å². The summed E-state index contributed by atoms with van der Waals surface area (Å²) < 4.78 is 4.84. The number of aliphatic imine (C=N–C) groups is 1. The smallest absolute Gasteiger partial charge is 0.353 e. The van der Waals surface area contributed by atoms with Crippen molar-refractivity contribution in [1.82, 2.24) is 9.97 Å². The molecule has 0 saturated carbocycles. The van der Waals surface area contributed by atoms with Crippen molar-refractivity contribution in [1.29, 1.82) is 0 Å². The summed E-state index contributed by atoms with van der Waals surface area (Å²) >= 11 is 5.81. The van der Waals surface area contributed by atoms with Crippen molar-refractivity contribution in [3.8, 4) is 0 Å². The van der Waals surface area contributed by atoms with Crippen LogP contribution in [-0.4, -0.2) is 28.3 Å². The normalized spacial score (nSPS) is 13.3. The zero-order valence-electron chi connectivity index (χ0n) is 8.03. The SMILES string of the molecule is CCOC(=O)C1=Nc2c(Cl)ncnc2C1. The third-order valence-electron chi connectivity index (χ3n) is 1.95. The van der Waals surface area contributed by atoms with E-state index in [1.54, 1.807) is 6.92 Å². The van der Waals surface area contributed by atoms with Gasteiger partial charge in [-0.1, -0.05) is 11.6 Å². The standard InChI is InChI=1S/C9H8ClN3O2/c1-2-15-9(14)6-3-5-7(13-6)8(10)12-4-11-5/h4H,2-3H2,1H3. The Bertz CT molecular complexity index is 445. The molecule has 0 atom stereocenters. The van der Waals surface area contributed by atoms with Crippen LogP contribution in [0.3, 0.4) is 0 Å². The summed E-state index contributed by atoms with van der Waals surface area (Å²) in [6.07, 6.45) is 1.71. The summed E-state index contributed by atoms with van der Waals surface area (Å²) in [5, 5.41) is 0.263. The number of carbonyl (C=O) groups excluding carboxylic acids is 1. The maximum atomic E-state index is 11.4. The minimum atomic E-state index is -0.424. The quantitative estimate of drug-likeness (QED) is 0.563.